The zero-order chi connectivity index (χ0) is 10.6. The Kier molecular flexibility index (Phi) is 3.60. The van der Waals surface area contributed by atoms with Gasteiger partial charge in [-0.05, 0) is 6.42 Å². The van der Waals surface area contributed by atoms with Crippen LogP contribution in [0.25, 0.3) is 0 Å². The third-order valence-electron chi connectivity index (χ3n) is 2.24. The van der Waals surface area contributed by atoms with Crippen molar-refractivity contribution in [1.82, 2.24) is 15.2 Å². The van der Waals surface area contributed by atoms with Crippen molar-refractivity contribution in [3.63, 3.8) is 0 Å². The van der Waals surface area contributed by atoms with E-state index in [0.29, 0.717) is 11.7 Å². The van der Waals surface area contributed by atoms with E-state index in [1.807, 2.05) is 6.07 Å². The lowest BCUT2D eigenvalue weighted by Crippen LogP contribution is -2.11. The number of nitrogens with one attached hydrogen (secondary N) is 1. The van der Waals surface area contributed by atoms with Crippen LogP contribution >= 0.6 is 0 Å². The van der Waals surface area contributed by atoms with Crippen molar-refractivity contribution in [1.29, 1.82) is 5.26 Å². The van der Waals surface area contributed by atoms with Gasteiger partial charge in [0.15, 0.2) is 5.82 Å². The summed E-state index contributed by atoms with van der Waals surface area (Å²) < 4.78 is 0. The number of H-pyrrole nitrogens is 1. The Labute approximate surface area is 83.3 Å². The first-order valence-electron chi connectivity index (χ1n) is 4.73. The molecule has 1 aromatic rings. The summed E-state index contributed by atoms with van der Waals surface area (Å²) >= 11 is 0. The molecule has 0 saturated carbocycles. The van der Waals surface area contributed by atoms with Crippen molar-refractivity contribution in [2.24, 2.45) is 5.73 Å². The van der Waals surface area contributed by atoms with E-state index in [1.54, 1.807) is 0 Å². The zero-order valence-electron chi connectivity index (χ0n) is 8.49. The fourth-order valence-corrected chi connectivity index (χ4v) is 1.05. The normalized spacial score (nSPS) is 14.7. The van der Waals surface area contributed by atoms with Gasteiger partial charge in [-0.1, -0.05) is 13.8 Å². The second-order valence-electron chi connectivity index (χ2n) is 3.36. The van der Waals surface area contributed by atoms with Crippen LogP contribution in [0.2, 0.25) is 0 Å². The van der Waals surface area contributed by atoms with Gasteiger partial charge in [0.1, 0.15) is 5.82 Å². The second-order valence-corrected chi connectivity index (χ2v) is 3.36. The summed E-state index contributed by atoms with van der Waals surface area (Å²) in [6.07, 6.45) is 1.25. The first kappa shape index (κ1) is 10.7. The van der Waals surface area contributed by atoms with E-state index in [9.17, 15) is 0 Å². The number of aromatic nitrogens is 3. The topological polar surface area (TPSA) is 91.4 Å². The molecule has 1 heterocycles. The molecule has 1 rings (SSSR count). The molecule has 0 aliphatic carbocycles. The minimum atomic E-state index is -0.356. The van der Waals surface area contributed by atoms with E-state index >= 15 is 0 Å². The monoisotopic (exact) mass is 193 g/mol. The maximum Gasteiger partial charge on any atom is 0.153 e. The summed E-state index contributed by atoms with van der Waals surface area (Å²) in [7, 11) is 0. The molecular weight excluding hydrogens is 178 g/mol. The fraction of sp³-hybridized carbons (Fsp3) is 0.667. The number of aromatic amines is 1. The smallest absolute Gasteiger partial charge is 0.153 e. The number of nitrogens with zero attached hydrogens (tertiary/aromatic N) is 3. The molecule has 1 aromatic heterocycles. The number of rotatable bonds is 4. The van der Waals surface area contributed by atoms with E-state index in [1.165, 1.54) is 0 Å². The Bertz CT molecular complexity index is 324. The van der Waals surface area contributed by atoms with Gasteiger partial charge in [-0.25, -0.2) is 4.98 Å². The zero-order valence-corrected chi connectivity index (χ0v) is 8.49. The SMILES string of the molecule is CCC(C)c1n[nH]c(C(N)CC#N)n1. The number of hydrogen-bond acceptors (Lipinski definition) is 4. The van der Waals surface area contributed by atoms with Crippen LogP contribution in [-0.4, -0.2) is 15.2 Å². The summed E-state index contributed by atoms with van der Waals surface area (Å²) in [4.78, 5) is 4.26. The van der Waals surface area contributed by atoms with Crippen LogP contribution in [0.5, 0.6) is 0 Å². The third kappa shape index (κ3) is 2.30. The first-order valence-corrected chi connectivity index (χ1v) is 4.73. The van der Waals surface area contributed by atoms with Gasteiger partial charge in [0, 0.05) is 5.92 Å². The maximum absolute atomic E-state index is 8.47. The molecule has 0 radical (unpaired) electrons. The van der Waals surface area contributed by atoms with E-state index < -0.39 is 0 Å². The van der Waals surface area contributed by atoms with Crippen molar-refractivity contribution in [3.05, 3.63) is 11.6 Å². The highest BCUT2D eigenvalue weighted by Crippen LogP contribution is 2.16. The molecule has 5 nitrogen and oxygen atoms in total. The molecule has 0 aromatic carbocycles. The number of nitrogens with two attached hydrogens (primary N) is 1. The number of nitriles is 1. The largest absolute Gasteiger partial charge is 0.320 e. The molecule has 0 spiro atoms. The molecule has 2 unspecified atom stereocenters. The standard InChI is InChI=1S/C9H15N5/c1-3-6(2)8-12-9(14-13-8)7(11)4-5-10/h6-7H,3-4,11H2,1-2H3,(H,12,13,14). The molecule has 0 saturated heterocycles. The summed E-state index contributed by atoms with van der Waals surface area (Å²) in [6.45, 7) is 4.14. The predicted octanol–water partition coefficient (Wildman–Crippen LogP) is 1.23. The second kappa shape index (κ2) is 4.72. The molecule has 3 N–H and O–H groups in total. The van der Waals surface area contributed by atoms with Gasteiger partial charge >= 0.3 is 0 Å². The number of hydrogen-bond donors (Lipinski definition) is 2. The molecule has 0 aliphatic rings. The quantitative estimate of drug-likeness (QED) is 0.752. The van der Waals surface area contributed by atoms with Crippen LogP contribution in [0, 0.1) is 11.3 Å². The van der Waals surface area contributed by atoms with Crippen molar-refractivity contribution in [3.8, 4) is 6.07 Å². The van der Waals surface area contributed by atoms with Gasteiger partial charge in [0.2, 0.25) is 0 Å². The highest BCUT2D eigenvalue weighted by atomic mass is 15.2. The van der Waals surface area contributed by atoms with Crippen molar-refractivity contribution in [2.45, 2.75) is 38.6 Å². The molecule has 0 bridgehead atoms. The summed E-state index contributed by atoms with van der Waals surface area (Å²) in [5.41, 5.74) is 5.70. The Morgan fingerprint density at radius 1 is 1.64 bits per heavy atom. The van der Waals surface area contributed by atoms with E-state index in [-0.39, 0.29) is 12.5 Å². The molecule has 2 atom stereocenters. The van der Waals surface area contributed by atoms with Gasteiger partial charge in [0.05, 0.1) is 18.5 Å². The van der Waals surface area contributed by atoms with Crippen molar-refractivity contribution >= 4 is 0 Å². The van der Waals surface area contributed by atoms with Crippen LogP contribution < -0.4 is 5.73 Å². The van der Waals surface area contributed by atoms with E-state index in [2.05, 4.69) is 29.0 Å². The van der Waals surface area contributed by atoms with E-state index in [4.69, 9.17) is 11.0 Å². The predicted molar refractivity (Wildman–Crippen MR) is 52.2 cm³/mol. The van der Waals surface area contributed by atoms with Crippen LogP contribution in [0.3, 0.4) is 0 Å². The molecular formula is C9H15N5. The minimum absolute atomic E-state index is 0.259. The van der Waals surface area contributed by atoms with Gasteiger partial charge < -0.3 is 5.73 Å². The summed E-state index contributed by atoms with van der Waals surface area (Å²) in [6, 6.07) is 1.65. The third-order valence-corrected chi connectivity index (χ3v) is 2.24. The maximum atomic E-state index is 8.47. The lowest BCUT2D eigenvalue weighted by atomic mass is 10.1. The Morgan fingerprint density at radius 3 is 2.93 bits per heavy atom. The Balaban J connectivity index is 2.73. The van der Waals surface area contributed by atoms with Crippen LogP contribution in [-0.2, 0) is 0 Å². The van der Waals surface area contributed by atoms with Crippen LogP contribution in [0.15, 0.2) is 0 Å². The van der Waals surface area contributed by atoms with Crippen LogP contribution in [0.1, 0.15) is 50.3 Å². The minimum Gasteiger partial charge on any atom is -0.320 e. The average Bonchev–Trinajstić information content (AvgIpc) is 2.66. The average molecular weight is 193 g/mol. The van der Waals surface area contributed by atoms with Crippen LogP contribution in [0.4, 0.5) is 0 Å². The van der Waals surface area contributed by atoms with Gasteiger partial charge in [-0.3, -0.25) is 5.10 Å². The summed E-state index contributed by atoms with van der Waals surface area (Å²) in [5.74, 6) is 1.70. The van der Waals surface area contributed by atoms with E-state index in [0.717, 1.165) is 12.2 Å². The lowest BCUT2D eigenvalue weighted by molar-refractivity contribution is 0.673. The Morgan fingerprint density at radius 2 is 2.36 bits per heavy atom. The van der Waals surface area contributed by atoms with Gasteiger partial charge in [0.25, 0.3) is 0 Å². The molecule has 0 amide bonds. The molecule has 76 valence electrons. The fourth-order valence-electron chi connectivity index (χ4n) is 1.05. The molecule has 14 heavy (non-hydrogen) atoms. The lowest BCUT2D eigenvalue weighted by Gasteiger charge is -2.02. The summed E-state index contributed by atoms with van der Waals surface area (Å²) in [5, 5.41) is 15.3. The van der Waals surface area contributed by atoms with Crippen molar-refractivity contribution < 1.29 is 0 Å². The first-order chi connectivity index (χ1) is 6.69. The highest BCUT2D eigenvalue weighted by molar-refractivity contribution is 5.01. The molecule has 5 heteroatoms. The highest BCUT2D eigenvalue weighted by Gasteiger charge is 2.14. The molecule has 0 aliphatic heterocycles. The van der Waals surface area contributed by atoms with Crippen molar-refractivity contribution in [2.75, 3.05) is 0 Å². The Hall–Kier alpha value is -1.41. The van der Waals surface area contributed by atoms with Gasteiger partial charge in [-0.2, -0.15) is 10.4 Å². The van der Waals surface area contributed by atoms with Gasteiger partial charge in [-0.15, -0.1) is 0 Å². The molecule has 0 fully saturated rings.